The highest BCUT2D eigenvalue weighted by atomic mass is 35.5. The summed E-state index contributed by atoms with van der Waals surface area (Å²) in [6.07, 6.45) is 3.83. The molecule has 0 spiro atoms. The fourth-order valence-electron chi connectivity index (χ4n) is 2.94. The van der Waals surface area contributed by atoms with Crippen LogP contribution in [0, 0.1) is 5.92 Å². The largest absolute Gasteiger partial charge is 0.477 e. The first kappa shape index (κ1) is 13.0. The zero-order chi connectivity index (χ0) is 14.0. The third-order valence-electron chi connectivity index (χ3n) is 3.97. The first-order valence-electron chi connectivity index (χ1n) is 5.86. The second kappa shape index (κ2) is 3.74. The van der Waals surface area contributed by atoms with E-state index in [0.717, 1.165) is 19.3 Å². The lowest BCUT2D eigenvalue weighted by Gasteiger charge is -2.61. The number of carboxylic acid groups (broad SMARTS) is 1. The van der Waals surface area contributed by atoms with Crippen molar-refractivity contribution < 1.29 is 18.3 Å². The minimum atomic E-state index is -3.77. The van der Waals surface area contributed by atoms with Crippen molar-refractivity contribution in [1.29, 1.82) is 0 Å². The predicted molar refractivity (Wildman–Crippen MR) is 67.8 cm³/mol. The topological polar surface area (TPSA) is 88.4 Å². The molecule has 8 heteroatoms. The number of rotatable bonds is 4. The van der Waals surface area contributed by atoms with Gasteiger partial charge in [-0.2, -0.15) is 0 Å². The van der Waals surface area contributed by atoms with Gasteiger partial charge in [-0.3, -0.25) is 0 Å². The van der Waals surface area contributed by atoms with Gasteiger partial charge < -0.3 is 9.67 Å². The summed E-state index contributed by atoms with van der Waals surface area (Å²) in [7, 11) is -2.32. The van der Waals surface area contributed by atoms with Gasteiger partial charge in [0.2, 0.25) is 10.0 Å². The molecule has 0 atom stereocenters. The van der Waals surface area contributed by atoms with Crippen molar-refractivity contribution in [3.05, 3.63) is 16.9 Å². The van der Waals surface area contributed by atoms with Crippen LogP contribution in [-0.2, 0) is 17.1 Å². The lowest BCUT2D eigenvalue weighted by molar-refractivity contribution is -0.0317. The number of aromatic carboxylic acids is 1. The molecular formula is C11H13ClN2O4S. The Bertz CT molecular complexity index is 662. The summed E-state index contributed by atoms with van der Waals surface area (Å²) in [5.74, 6) is -0.608. The third kappa shape index (κ3) is 1.79. The normalized spacial score (nSPS) is 28.6. The number of hydrogen-bond donors (Lipinski definition) is 2. The van der Waals surface area contributed by atoms with Crippen molar-refractivity contribution in [2.45, 2.75) is 29.7 Å². The molecule has 4 rings (SSSR count). The van der Waals surface area contributed by atoms with Crippen LogP contribution in [-0.4, -0.2) is 29.6 Å². The Hall–Kier alpha value is -1.05. The van der Waals surface area contributed by atoms with E-state index in [9.17, 15) is 13.2 Å². The van der Waals surface area contributed by atoms with Crippen molar-refractivity contribution >= 4 is 27.6 Å². The maximum Gasteiger partial charge on any atom is 0.354 e. The molecule has 19 heavy (non-hydrogen) atoms. The monoisotopic (exact) mass is 304 g/mol. The molecule has 3 aliphatic rings. The average molecular weight is 305 g/mol. The van der Waals surface area contributed by atoms with Gasteiger partial charge in [0.25, 0.3) is 0 Å². The number of halogens is 1. The molecule has 3 saturated carbocycles. The highest BCUT2D eigenvalue weighted by Crippen LogP contribution is 2.57. The van der Waals surface area contributed by atoms with E-state index in [-0.39, 0.29) is 21.2 Å². The highest BCUT2D eigenvalue weighted by molar-refractivity contribution is 7.89. The maximum atomic E-state index is 12.3. The maximum absolute atomic E-state index is 12.3. The summed E-state index contributed by atoms with van der Waals surface area (Å²) >= 11 is 5.89. The number of nitrogens with one attached hydrogen (secondary N) is 1. The quantitative estimate of drug-likeness (QED) is 0.875. The molecule has 0 radical (unpaired) electrons. The second-order valence-electron chi connectivity index (χ2n) is 5.44. The van der Waals surface area contributed by atoms with E-state index < -0.39 is 16.0 Å². The van der Waals surface area contributed by atoms with E-state index >= 15 is 0 Å². The number of carboxylic acids is 1. The van der Waals surface area contributed by atoms with E-state index in [2.05, 4.69) is 4.72 Å². The summed E-state index contributed by atoms with van der Waals surface area (Å²) in [6.45, 7) is 0. The number of hydrogen-bond acceptors (Lipinski definition) is 3. The van der Waals surface area contributed by atoms with E-state index in [1.165, 1.54) is 17.8 Å². The van der Waals surface area contributed by atoms with Crippen LogP contribution in [0.3, 0.4) is 0 Å². The van der Waals surface area contributed by atoms with E-state index in [1.54, 1.807) is 0 Å². The summed E-state index contributed by atoms with van der Waals surface area (Å²) < 4.78 is 28.4. The zero-order valence-corrected chi connectivity index (χ0v) is 11.8. The molecule has 2 bridgehead atoms. The van der Waals surface area contributed by atoms with E-state index in [4.69, 9.17) is 16.7 Å². The first-order valence-corrected chi connectivity index (χ1v) is 7.72. The number of carbonyl (C=O) groups is 1. The van der Waals surface area contributed by atoms with Gasteiger partial charge >= 0.3 is 5.97 Å². The number of aromatic nitrogens is 1. The highest BCUT2D eigenvalue weighted by Gasteiger charge is 2.58. The SMILES string of the molecule is Cn1cc(S(=O)(=O)NC23CC(C2)C3)c(Cl)c1C(=O)O. The molecule has 0 unspecified atom stereocenters. The first-order chi connectivity index (χ1) is 8.74. The van der Waals surface area contributed by atoms with Crippen molar-refractivity contribution in [2.75, 3.05) is 0 Å². The van der Waals surface area contributed by atoms with Crippen molar-refractivity contribution in [3.8, 4) is 0 Å². The Balaban J connectivity index is 1.97. The fraction of sp³-hybridized carbons (Fsp3) is 0.545. The summed E-state index contributed by atoms with van der Waals surface area (Å²) in [5.41, 5.74) is -0.536. The smallest absolute Gasteiger partial charge is 0.354 e. The minimum absolute atomic E-state index is 0.168. The van der Waals surface area contributed by atoms with Crippen LogP contribution in [0.25, 0.3) is 0 Å². The van der Waals surface area contributed by atoms with Crippen molar-refractivity contribution in [3.63, 3.8) is 0 Å². The lowest BCUT2D eigenvalue weighted by atomic mass is 9.50. The van der Waals surface area contributed by atoms with E-state index in [0.29, 0.717) is 5.92 Å². The molecule has 1 aromatic rings. The predicted octanol–water partition coefficient (Wildman–Crippen LogP) is 1.21. The number of aryl methyl sites for hydroxylation is 1. The van der Waals surface area contributed by atoms with Crippen LogP contribution in [0.1, 0.15) is 29.8 Å². The Morgan fingerprint density at radius 2 is 2.11 bits per heavy atom. The molecule has 2 N–H and O–H groups in total. The van der Waals surface area contributed by atoms with Gasteiger partial charge in [0, 0.05) is 18.8 Å². The van der Waals surface area contributed by atoms with Crippen LogP contribution in [0.5, 0.6) is 0 Å². The summed E-state index contributed by atoms with van der Waals surface area (Å²) in [4.78, 5) is 10.9. The van der Waals surface area contributed by atoms with Crippen LogP contribution in [0.4, 0.5) is 0 Å². The van der Waals surface area contributed by atoms with Gasteiger partial charge in [-0.15, -0.1) is 0 Å². The van der Waals surface area contributed by atoms with Crippen molar-refractivity contribution in [1.82, 2.24) is 9.29 Å². The molecular weight excluding hydrogens is 292 g/mol. The average Bonchev–Trinajstić information content (AvgIpc) is 2.47. The molecule has 3 aliphatic carbocycles. The second-order valence-corrected chi connectivity index (χ2v) is 7.47. The standard InChI is InChI=1S/C11H13ClN2O4S/c1-14-5-7(8(12)9(14)10(15)16)19(17,18)13-11-2-6(3-11)4-11/h5-6,13H,2-4H2,1H3,(H,15,16). The van der Waals surface area contributed by atoms with Crippen LogP contribution >= 0.6 is 11.6 Å². The molecule has 0 aromatic carbocycles. The van der Waals surface area contributed by atoms with Gasteiger partial charge in [0.15, 0.2) is 0 Å². The Morgan fingerprint density at radius 3 is 2.47 bits per heavy atom. The van der Waals surface area contributed by atoms with Crippen LogP contribution in [0.2, 0.25) is 5.02 Å². The molecule has 0 saturated heterocycles. The lowest BCUT2D eigenvalue weighted by Crippen LogP contribution is -2.67. The van der Waals surface area contributed by atoms with Crippen LogP contribution in [0.15, 0.2) is 11.1 Å². The molecule has 0 amide bonds. The number of nitrogens with zero attached hydrogens (tertiary/aromatic N) is 1. The summed E-state index contributed by atoms with van der Waals surface area (Å²) in [6, 6.07) is 0. The molecule has 6 nitrogen and oxygen atoms in total. The third-order valence-corrected chi connectivity index (χ3v) is 6.05. The Morgan fingerprint density at radius 1 is 1.53 bits per heavy atom. The van der Waals surface area contributed by atoms with Gasteiger partial charge in [-0.25, -0.2) is 17.9 Å². The Kier molecular flexibility index (Phi) is 2.55. The van der Waals surface area contributed by atoms with E-state index in [1.807, 2.05) is 0 Å². The summed E-state index contributed by atoms with van der Waals surface area (Å²) in [5, 5.41) is 8.76. The van der Waals surface area contributed by atoms with Crippen molar-refractivity contribution in [2.24, 2.45) is 13.0 Å². The Labute approximate surface area is 115 Å². The van der Waals surface area contributed by atoms with Crippen LogP contribution < -0.4 is 4.72 Å². The molecule has 0 aliphatic heterocycles. The number of sulfonamides is 1. The fourth-order valence-corrected chi connectivity index (χ4v) is 5.07. The van der Waals surface area contributed by atoms with Gasteiger partial charge in [0.1, 0.15) is 10.6 Å². The molecule has 3 fully saturated rings. The van der Waals surface area contributed by atoms with Gasteiger partial charge in [0.05, 0.1) is 5.02 Å². The minimum Gasteiger partial charge on any atom is -0.477 e. The van der Waals surface area contributed by atoms with Gasteiger partial charge in [-0.1, -0.05) is 11.6 Å². The zero-order valence-electron chi connectivity index (χ0n) is 10.2. The molecule has 1 aromatic heterocycles. The molecule has 104 valence electrons. The molecule has 1 heterocycles. The van der Waals surface area contributed by atoms with Gasteiger partial charge in [-0.05, 0) is 25.2 Å².